The number of carbonyl (C=O) groups is 1. The number of amides is 1. The third-order valence-corrected chi connectivity index (χ3v) is 5.01. The van der Waals surface area contributed by atoms with Crippen molar-refractivity contribution in [3.05, 3.63) is 23.8 Å². The van der Waals surface area contributed by atoms with Crippen LogP contribution >= 0.6 is 0 Å². The van der Waals surface area contributed by atoms with Crippen LogP contribution in [0.3, 0.4) is 0 Å². The first-order chi connectivity index (χ1) is 9.43. The Balaban J connectivity index is 2.23. The molecule has 110 valence electrons. The van der Waals surface area contributed by atoms with Gasteiger partial charge in [-0.15, -0.1) is 0 Å². The minimum Gasteiger partial charge on any atom is -0.496 e. The van der Waals surface area contributed by atoms with Crippen molar-refractivity contribution < 1.29 is 17.9 Å². The number of rotatable bonds is 2. The van der Waals surface area contributed by atoms with E-state index in [4.69, 9.17) is 10.5 Å². The number of nitrogens with zero attached hydrogens (tertiary/aromatic N) is 1. The highest BCUT2D eigenvalue weighted by molar-refractivity contribution is 7.91. The molecule has 2 N–H and O–H groups in total. The van der Waals surface area contributed by atoms with E-state index in [1.165, 1.54) is 7.11 Å². The van der Waals surface area contributed by atoms with Gasteiger partial charge in [0.25, 0.3) is 5.91 Å². The summed E-state index contributed by atoms with van der Waals surface area (Å²) in [6.45, 7) is 0.653. The van der Waals surface area contributed by atoms with E-state index in [0.717, 1.165) is 0 Å². The molecule has 1 saturated heterocycles. The normalized spacial score (nSPS) is 18.4. The number of methoxy groups -OCH3 is 1. The summed E-state index contributed by atoms with van der Waals surface area (Å²) >= 11 is 0. The Morgan fingerprint density at radius 3 is 2.75 bits per heavy atom. The Morgan fingerprint density at radius 2 is 2.05 bits per heavy atom. The smallest absolute Gasteiger partial charge is 0.257 e. The van der Waals surface area contributed by atoms with Gasteiger partial charge >= 0.3 is 0 Å². The highest BCUT2D eigenvalue weighted by Crippen LogP contribution is 2.23. The maximum absolute atomic E-state index is 12.5. The van der Waals surface area contributed by atoms with Crippen molar-refractivity contribution in [2.75, 3.05) is 37.4 Å². The summed E-state index contributed by atoms with van der Waals surface area (Å²) in [6.07, 6.45) is 0.464. The summed E-state index contributed by atoms with van der Waals surface area (Å²) in [5, 5.41) is 0. The van der Waals surface area contributed by atoms with Gasteiger partial charge < -0.3 is 15.4 Å². The Labute approximate surface area is 118 Å². The molecular formula is C13H18N2O4S. The molecule has 1 aromatic carbocycles. The number of ether oxygens (including phenoxy) is 1. The van der Waals surface area contributed by atoms with Gasteiger partial charge in [0.05, 0.1) is 24.2 Å². The van der Waals surface area contributed by atoms with E-state index in [1.807, 2.05) is 0 Å². The number of hydrogen-bond donors (Lipinski definition) is 1. The lowest BCUT2D eigenvalue weighted by molar-refractivity contribution is 0.0765. The van der Waals surface area contributed by atoms with Gasteiger partial charge in [-0.3, -0.25) is 4.79 Å². The molecule has 0 atom stereocenters. The van der Waals surface area contributed by atoms with Gasteiger partial charge in [-0.1, -0.05) is 0 Å². The molecule has 0 aromatic heterocycles. The molecule has 1 aromatic rings. The molecule has 1 amide bonds. The van der Waals surface area contributed by atoms with Crippen LogP contribution in [0.1, 0.15) is 16.8 Å². The van der Waals surface area contributed by atoms with E-state index in [9.17, 15) is 13.2 Å². The molecule has 20 heavy (non-hydrogen) atoms. The number of benzene rings is 1. The van der Waals surface area contributed by atoms with E-state index >= 15 is 0 Å². The second-order valence-electron chi connectivity index (χ2n) is 4.76. The second kappa shape index (κ2) is 5.70. The van der Waals surface area contributed by atoms with Crippen molar-refractivity contribution in [2.45, 2.75) is 6.42 Å². The van der Waals surface area contributed by atoms with Gasteiger partial charge in [-0.2, -0.15) is 0 Å². The van der Waals surface area contributed by atoms with E-state index in [2.05, 4.69) is 0 Å². The van der Waals surface area contributed by atoms with Crippen LogP contribution in [0, 0.1) is 0 Å². The monoisotopic (exact) mass is 298 g/mol. The molecule has 0 spiro atoms. The number of nitrogen functional groups attached to an aromatic ring is 1. The van der Waals surface area contributed by atoms with Crippen LogP contribution in [-0.4, -0.2) is 50.9 Å². The molecule has 1 fully saturated rings. The standard InChI is InChI=1S/C13H18N2O4S/c1-19-12-9-10(14)3-4-11(12)13(16)15-5-2-7-20(17,18)8-6-15/h3-4,9H,2,5-8,14H2,1H3. The highest BCUT2D eigenvalue weighted by atomic mass is 32.2. The first kappa shape index (κ1) is 14.6. The summed E-state index contributed by atoms with van der Waals surface area (Å²) in [6, 6.07) is 4.82. The van der Waals surface area contributed by atoms with Crippen molar-refractivity contribution in [3.63, 3.8) is 0 Å². The van der Waals surface area contributed by atoms with Crippen LogP contribution in [-0.2, 0) is 9.84 Å². The van der Waals surface area contributed by atoms with Gasteiger partial charge in [0.1, 0.15) is 5.75 Å². The molecule has 0 radical (unpaired) electrons. The fraction of sp³-hybridized carbons (Fsp3) is 0.462. The molecule has 1 aliphatic rings. The van der Waals surface area contributed by atoms with Crippen LogP contribution < -0.4 is 10.5 Å². The molecule has 1 aliphatic heterocycles. The zero-order valence-electron chi connectivity index (χ0n) is 11.3. The van der Waals surface area contributed by atoms with Crippen molar-refractivity contribution in [1.29, 1.82) is 0 Å². The highest BCUT2D eigenvalue weighted by Gasteiger charge is 2.25. The number of carbonyl (C=O) groups excluding carboxylic acids is 1. The quantitative estimate of drug-likeness (QED) is 0.805. The average molecular weight is 298 g/mol. The molecular weight excluding hydrogens is 280 g/mol. The minimum atomic E-state index is -3.04. The number of anilines is 1. The molecule has 2 rings (SSSR count). The third-order valence-electron chi connectivity index (χ3n) is 3.30. The van der Waals surface area contributed by atoms with Gasteiger partial charge in [0.15, 0.2) is 9.84 Å². The number of hydrogen-bond acceptors (Lipinski definition) is 5. The summed E-state index contributed by atoms with van der Waals surface area (Å²) < 4.78 is 28.3. The zero-order chi connectivity index (χ0) is 14.8. The molecule has 6 nitrogen and oxygen atoms in total. The van der Waals surface area contributed by atoms with Crippen LogP contribution in [0.25, 0.3) is 0 Å². The second-order valence-corrected chi connectivity index (χ2v) is 7.06. The molecule has 0 aliphatic carbocycles. The van der Waals surface area contributed by atoms with Gasteiger partial charge in [0.2, 0.25) is 0 Å². The molecule has 1 heterocycles. The lowest BCUT2D eigenvalue weighted by atomic mass is 10.1. The summed E-state index contributed by atoms with van der Waals surface area (Å²) in [7, 11) is -1.56. The Kier molecular flexibility index (Phi) is 4.17. The SMILES string of the molecule is COc1cc(N)ccc1C(=O)N1CCCS(=O)(=O)CC1. The van der Waals surface area contributed by atoms with Crippen LogP contribution in [0.4, 0.5) is 5.69 Å². The predicted octanol–water partition coefficient (Wildman–Crippen LogP) is 0.538. The Morgan fingerprint density at radius 1 is 1.30 bits per heavy atom. The first-order valence-electron chi connectivity index (χ1n) is 6.36. The van der Waals surface area contributed by atoms with E-state index in [-0.39, 0.29) is 24.0 Å². The molecule has 0 unspecified atom stereocenters. The van der Waals surface area contributed by atoms with Crippen molar-refractivity contribution in [3.8, 4) is 5.75 Å². The van der Waals surface area contributed by atoms with Crippen LogP contribution in [0.2, 0.25) is 0 Å². The maximum atomic E-state index is 12.5. The van der Waals surface area contributed by atoms with Crippen LogP contribution in [0.15, 0.2) is 18.2 Å². The third kappa shape index (κ3) is 3.22. The van der Waals surface area contributed by atoms with E-state index in [0.29, 0.717) is 30.0 Å². The lowest BCUT2D eigenvalue weighted by Crippen LogP contribution is -2.33. The van der Waals surface area contributed by atoms with Crippen molar-refractivity contribution in [2.24, 2.45) is 0 Å². The molecule has 7 heteroatoms. The number of nitrogens with two attached hydrogens (primary N) is 1. The minimum absolute atomic E-state index is 0.00995. The van der Waals surface area contributed by atoms with E-state index < -0.39 is 9.84 Å². The largest absolute Gasteiger partial charge is 0.496 e. The fourth-order valence-corrected chi connectivity index (χ4v) is 3.47. The zero-order valence-corrected chi connectivity index (χ0v) is 12.1. The Hall–Kier alpha value is -1.76. The first-order valence-corrected chi connectivity index (χ1v) is 8.18. The molecule has 0 bridgehead atoms. The van der Waals surface area contributed by atoms with Crippen molar-refractivity contribution >= 4 is 21.4 Å². The summed E-state index contributed by atoms with van der Waals surface area (Å²) in [4.78, 5) is 14.0. The van der Waals surface area contributed by atoms with E-state index in [1.54, 1.807) is 23.1 Å². The number of sulfone groups is 1. The topological polar surface area (TPSA) is 89.7 Å². The summed E-state index contributed by atoms with van der Waals surface area (Å²) in [5.74, 6) is 0.326. The lowest BCUT2D eigenvalue weighted by Gasteiger charge is -2.21. The van der Waals surface area contributed by atoms with Gasteiger partial charge in [-0.05, 0) is 18.6 Å². The maximum Gasteiger partial charge on any atom is 0.257 e. The van der Waals surface area contributed by atoms with Crippen molar-refractivity contribution in [1.82, 2.24) is 4.90 Å². The van der Waals surface area contributed by atoms with Gasteiger partial charge in [-0.25, -0.2) is 8.42 Å². The average Bonchev–Trinajstić information content (AvgIpc) is 2.59. The summed E-state index contributed by atoms with van der Waals surface area (Å²) in [5.41, 5.74) is 6.57. The van der Waals surface area contributed by atoms with Crippen LogP contribution in [0.5, 0.6) is 5.75 Å². The fourth-order valence-electron chi connectivity index (χ4n) is 2.20. The molecule has 0 saturated carbocycles. The predicted molar refractivity (Wildman–Crippen MR) is 76.6 cm³/mol. The van der Waals surface area contributed by atoms with Gasteiger partial charge in [0, 0.05) is 24.8 Å². The Bertz CT molecular complexity index is 613.